The molecule has 1 aliphatic rings. The second-order valence-corrected chi connectivity index (χ2v) is 7.37. The van der Waals surface area contributed by atoms with Crippen LogP contribution in [0.4, 0.5) is 0 Å². The van der Waals surface area contributed by atoms with Crippen molar-refractivity contribution in [3.05, 3.63) is 12.2 Å². The number of carbonyl (C=O) groups excluding carboxylic acids is 2. The highest BCUT2D eigenvalue weighted by Crippen LogP contribution is 2.34. The predicted molar refractivity (Wildman–Crippen MR) is 100 cm³/mol. The Bertz CT molecular complexity index is 416. The van der Waals surface area contributed by atoms with Crippen LogP contribution in [-0.2, 0) is 9.59 Å². The molecule has 0 aromatic rings. The van der Waals surface area contributed by atoms with Crippen LogP contribution in [0, 0.1) is 11.8 Å². The minimum Gasteiger partial charge on any atom is -0.389 e. The van der Waals surface area contributed by atoms with E-state index in [9.17, 15) is 14.7 Å². The highest BCUT2D eigenvalue weighted by Gasteiger charge is 2.32. The molecule has 1 aliphatic carbocycles. The number of unbranched alkanes of at least 4 members (excludes halogenated alkanes) is 5. The standard InChI is InChI=1S/C21H36O4/c1-2-3-6-9-18(23)14-12-17-13-15-21(25)20(17)11-8-5-4-7-10-19(24)16-22/h12,14,17-18,20,22-23H,2-11,13,15-16H2,1H3/t17-,18?,20+/m0/s1. The molecule has 0 radical (unpaired) electrons. The van der Waals surface area contributed by atoms with Gasteiger partial charge < -0.3 is 10.2 Å². The normalized spacial score (nSPS) is 22.0. The predicted octanol–water partition coefficient (Wildman–Crippen LogP) is 3.98. The second kappa shape index (κ2) is 13.2. The molecule has 144 valence electrons. The Morgan fingerprint density at radius 1 is 1.20 bits per heavy atom. The molecule has 0 aliphatic heterocycles. The SMILES string of the molecule is CCCCCC(O)C=C[C@H]1CCC(=O)[C@@H]1CCCCCCC(=O)CO. The lowest BCUT2D eigenvalue weighted by Gasteiger charge is -2.15. The quantitative estimate of drug-likeness (QED) is 0.366. The molecule has 0 bridgehead atoms. The summed E-state index contributed by atoms with van der Waals surface area (Å²) in [5.41, 5.74) is 0. The maximum atomic E-state index is 12.1. The Morgan fingerprint density at radius 2 is 1.96 bits per heavy atom. The van der Waals surface area contributed by atoms with Crippen LogP contribution in [0.2, 0.25) is 0 Å². The first kappa shape index (κ1) is 22.0. The van der Waals surface area contributed by atoms with Gasteiger partial charge >= 0.3 is 0 Å². The molecule has 3 atom stereocenters. The zero-order valence-electron chi connectivity index (χ0n) is 15.8. The van der Waals surface area contributed by atoms with E-state index in [-0.39, 0.29) is 30.3 Å². The zero-order chi connectivity index (χ0) is 18.5. The molecule has 0 aromatic heterocycles. The van der Waals surface area contributed by atoms with Gasteiger partial charge in [0.1, 0.15) is 12.4 Å². The van der Waals surface area contributed by atoms with Crippen LogP contribution in [0.15, 0.2) is 12.2 Å². The van der Waals surface area contributed by atoms with Crippen molar-refractivity contribution in [1.29, 1.82) is 0 Å². The average Bonchev–Trinajstić information content (AvgIpc) is 2.96. The van der Waals surface area contributed by atoms with Crippen molar-refractivity contribution in [2.75, 3.05) is 6.61 Å². The summed E-state index contributed by atoms with van der Waals surface area (Å²) in [7, 11) is 0. The minimum absolute atomic E-state index is 0.0892. The first-order valence-corrected chi connectivity index (χ1v) is 10.1. The molecule has 4 heteroatoms. The number of allylic oxidation sites excluding steroid dienone is 1. The maximum absolute atomic E-state index is 12.1. The molecule has 25 heavy (non-hydrogen) atoms. The van der Waals surface area contributed by atoms with E-state index in [2.05, 4.69) is 13.0 Å². The number of Topliss-reactive ketones (excluding diaryl/α,β-unsaturated/α-hetero) is 2. The summed E-state index contributed by atoms with van der Waals surface area (Å²) in [4.78, 5) is 23.1. The van der Waals surface area contributed by atoms with Crippen LogP contribution >= 0.6 is 0 Å². The summed E-state index contributed by atoms with van der Waals surface area (Å²) in [6.07, 6.45) is 14.5. The number of aliphatic hydroxyl groups excluding tert-OH is 2. The fraction of sp³-hybridized carbons (Fsp3) is 0.810. The zero-order valence-corrected chi connectivity index (χ0v) is 15.8. The number of rotatable bonds is 14. The number of carbonyl (C=O) groups is 2. The Hall–Kier alpha value is -1.00. The second-order valence-electron chi connectivity index (χ2n) is 7.37. The Morgan fingerprint density at radius 3 is 2.68 bits per heavy atom. The van der Waals surface area contributed by atoms with Crippen LogP contribution < -0.4 is 0 Å². The molecule has 4 nitrogen and oxygen atoms in total. The third kappa shape index (κ3) is 9.31. The van der Waals surface area contributed by atoms with E-state index >= 15 is 0 Å². The van der Waals surface area contributed by atoms with Crippen molar-refractivity contribution < 1.29 is 19.8 Å². The minimum atomic E-state index is -0.382. The van der Waals surface area contributed by atoms with Gasteiger partial charge in [-0.1, -0.05) is 57.6 Å². The van der Waals surface area contributed by atoms with E-state index in [0.29, 0.717) is 18.6 Å². The van der Waals surface area contributed by atoms with Gasteiger partial charge in [0.15, 0.2) is 5.78 Å². The van der Waals surface area contributed by atoms with Gasteiger partial charge in [-0.2, -0.15) is 0 Å². The first-order valence-electron chi connectivity index (χ1n) is 10.1. The number of hydrogen-bond donors (Lipinski definition) is 2. The van der Waals surface area contributed by atoms with Crippen LogP contribution in [-0.4, -0.2) is 34.5 Å². The third-order valence-corrected chi connectivity index (χ3v) is 5.24. The van der Waals surface area contributed by atoms with Gasteiger partial charge in [-0.15, -0.1) is 0 Å². The highest BCUT2D eigenvalue weighted by atomic mass is 16.3. The van der Waals surface area contributed by atoms with Crippen molar-refractivity contribution in [2.24, 2.45) is 11.8 Å². The lowest BCUT2D eigenvalue weighted by atomic mass is 9.89. The lowest BCUT2D eigenvalue weighted by Crippen LogP contribution is -2.14. The lowest BCUT2D eigenvalue weighted by molar-refractivity contribution is -0.122. The van der Waals surface area contributed by atoms with Gasteiger partial charge in [-0.3, -0.25) is 9.59 Å². The Labute approximate surface area is 152 Å². The van der Waals surface area contributed by atoms with E-state index in [1.54, 1.807) is 0 Å². The van der Waals surface area contributed by atoms with Gasteiger partial charge in [-0.05, 0) is 31.6 Å². The summed E-state index contributed by atoms with van der Waals surface area (Å²) in [6.45, 7) is 1.80. The van der Waals surface area contributed by atoms with E-state index in [1.807, 2.05) is 6.08 Å². The molecular formula is C21H36O4. The molecule has 2 N–H and O–H groups in total. The number of aliphatic hydroxyl groups is 2. The Balaban J connectivity index is 2.26. The topological polar surface area (TPSA) is 74.6 Å². The largest absolute Gasteiger partial charge is 0.389 e. The number of hydrogen-bond acceptors (Lipinski definition) is 4. The number of ketones is 2. The molecule has 1 rings (SSSR count). The fourth-order valence-corrected chi connectivity index (χ4v) is 3.63. The van der Waals surface area contributed by atoms with E-state index in [1.165, 1.54) is 0 Å². The smallest absolute Gasteiger partial charge is 0.158 e. The molecule has 0 spiro atoms. The summed E-state index contributed by atoms with van der Waals surface area (Å²) < 4.78 is 0. The molecule has 0 amide bonds. The fourth-order valence-electron chi connectivity index (χ4n) is 3.63. The summed E-state index contributed by atoms with van der Waals surface area (Å²) in [6, 6.07) is 0. The van der Waals surface area contributed by atoms with E-state index in [4.69, 9.17) is 5.11 Å². The third-order valence-electron chi connectivity index (χ3n) is 5.24. The summed E-state index contributed by atoms with van der Waals surface area (Å²) >= 11 is 0. The van der Waals surface area contributed by atoms with E-state index < -0.39 is 0 Å². The molecule has 0 heterocycles. The maximum Gasteiger partial charge on any atom is 0.158 e. The molecule has 1 unspecified atom stereocenters. The molecule has 1 fully saturated rings. The van der Waals surface area contributed by atoms with Gasteiger partial charge in [-0.25, -0.2) is 0 Å². The van der Waals surface area contributed by atoms with Crippen molar-refractivity contribution in [1.82, 2.24) is 0 Å². The Kier molecular flexibility index (Phi) is 11.7. The van der Waals surface area contributed by atoms with Crippen molar-refractivity contribution in [3.63, 3.8) is 0 Å². The van der Waals surface area contributed by atoms with E-state index in [0.717, 1.165) is 64.2 Å². The van der Waals surface area contributed by atoms with Crippen LogP contribution in [0.5, 0.6) is 0 Å². The van der Waals surface area contributed by atoms with Gasteiger partial charge in [0, 0.05) is 18.8 Å². The summed E-state index contributed by atoms with van der Waals surface area (Å²) in [5.74, 6) is 0.668. The average molecular weight is 353 g/mol. The van der Waals surface area contributed by atoms with Gasteiger partial charge in [0.2, 0.25) is 0 Å². The highest BCUT2D eigenvalue weighted by molar-refractivity contribution is 5.83. The van der Waals surface area contributed by atoms with Crippen molar-refractivity contribution in [3.8, 4) is 0 Å². The first-order chi connectivity index (χ1) is 12.1. The molecule has 1 saturated carbocycles. The molecule has 0 aromatic carbocycles. The van der Waals surface area contributed by atoms with Crippen LogP contribution in [0.1, 0.15) is 84.0 Å². The van der Waals surface area contributed by atoms with Crippen LogP contribution in [0.25, 0.3) is 0 Å². The van der Waals surface area contributed by atoms with Crippen LogP contribution in [0.3, 0.4) is 0 Å². The van der Waals surface area contributed by atoms with Gasteiger partial charge in [0.25, 0.3) is 0 Å². The monoisotopic (exact) mass is 352 g/mol. The molecular weight excluding hydrogens is 316 g/mol. The van der Waals surface area contributed by atoms with Crippen molar-refractivity contribution >= 4 is 11.6 Å². The molecule has 0 saturated heterocycles. The van der Waals surface area contributed by atoms with Gasteiger partial charge in [0.05, 0.1) is 6.10 Å². The van der Waals surface area contributed by atoms with Crippen molar-refractivity contribution in [2.45, 2.75) is 90.1 Å². The summed E-state index contributed by atoms with van der Waals surface area (Å²) in [5, 5.41) is 18.7.